The fourth-order valence-corrected chi connectivity index (χ4v) is 6.08. The van der Waals surface area contributed by atoms with Crippen molar-refractivity contribution in [3.8, 4) is 0 Å². The smallest absolute Gasteiger partial charge is 0.242 e. The van der Waals surface area contributed by atoms with E-state index in [-0.39, 0.29) is 18.0 Å². The van der Waals surface area contributed by atoms with Crippen LogP contribution in [-0.4, -0.2) is 39.9 Å². The quantitative estimate of drug-likeness (QED) is 0.704. The Morgan fingerprint density at radius 3 is 2.72 bits per heavy atom. The van der Waals surface area contributed by atoms with Crippen LogP contribution in [0.5, 0.6) is 0 Å². The van der Waals surface area contributed by atoms with Gasteiger partial charge in [-0.15, -0.1) is 11.3 Å². The maximum Gasteiger partial charge on any atom is 0.242 e. The molecule has 0 aliphatic heterocycles. The number of hydrogen-bond acceptors (Lipinski definition) is 5. The molecule has 104 valence electrons. The number of halogens is 2. The Morgan fingerprint density at radius 2 is 2.22 bits per heavy atom. The fraction of sp³-hybridized carbons (Fsp3) is 0.556. The van der Waals surface area contributed by atoms with Gasteiger partial charge in [-0.1, -0.05) is 0 Å². The van der Waals surface area contributed by atoms with Crippen molar-refractivity contribution in [2.24, 2.45) is 0 Å². The van der Waals surface area contributed by atoms with Gasteiger partial charge in [0.25, 0.3) is 0 Å². The highest BCUT2D eigenvalue weighted by molar-refractivity contribution is 9.12. The first-order valence-corrected chi connectivity index (χ1v) is 8.87. The summed E-state index contributed by atoms with van der Waals surface area (Å²) in [6, 6.07) is 1.53. The molecule has 9 heteroatoms. The van der Waals surface area contributed by atoms with Crippen LogP contribution in [0.15, 0.2) is 18.5 Å². The first kappa shape index (κ1) is 16.5. The predicted molar refractivity (Wildman–Crippen MR) is 77.4 cm³/mol. The molecule has 0 saturated carbocycles. The van der Waals surface area contributed by atoms with Crippen LogP contribution in [0.3, 0.4) is 0 Å². The van der Waals surface area contributed by atoms with Crippen LogP contribution in [0.1, 0.15) is 6.42 Å². The summed E-state index contributed by atoms with van der Waals surface area (Å²) in [5, 5.41) is 9.40. The first-order chi connectivity index (χ1) is 8.36. The summed E-state index contributed by atoms with van der Waals surface area (Å²) >= 11 is 7.71. The van der Waals surface area contributed by atoms with E-state index in [1.807, 2.05) is 0 Å². The van der Waals surface area contributed by atoms with Gasteiger partial charge in [-0.25, -0.2) is 13.1 Å². The van der Waals surface area contributed by atoms with Gasteiger partial charge in [-0.3, -0.25) is 0 Å². The molecule has 0 fully saturated rings. The molecule has 1 heterocycles. The van der Waals surface area contributed by atoms with Gasteiger partial charge in [0, 0.05) is 13.7 Å². The van der Waals surface area contributed by atoms with E-state index in [4.69, 9.17) is 4.74 Å². The van der Waals surface area contributed by atoms with E-state index in [0.29, 0.717) is 10.2 Å². The Morgan fingerprint density at radius 1 is 1.56 bits per heavy atom. The lowest BCUT2D eigenvalue weighted by atomic mass is 10.3. The highest BCUT2D eigenvalue weighted by atomic mass is 79.9. The standard InChI is InChI=1S/C9H13Br2NO4S2/c1-16-5-6(13)2-3-12-18(14,15)7-4-8(10)17-9(7)11/h4,6,12-13H,2-3,5H2,1H3. The molecule has 1 aromatic rings. The molecule has 0 saturated heterocycles. The number of thiophene rings is 1. The van der Waals surface area contributed by atoms with Crippen LogP contribution < -0.4 is 4.72 Å². The summed E-state index contributed by atoms with van der Waals surface area (Å²) in [5.41, 5.74) is 0. The predicted octanol–water partition coefficient (Wildman–Crippen LogP) is 1.95. The molecule has 18 heavy (non-hydrogen) atoms. The molecule has 1 atom stereocenters. The Balaban J connectivity index is 2.58. The van der Waals surface area contributed by atoms with Crippen molar-refractivity contribution in [3.05, 3.63) is 13.6 Å². The highest BCUT2D eigenvalue weighted by Crippen LogP contribution is 2.34. The maximum absolute atomic E-state index is 11.9. The zero-order valence-corrected chi connectivity index (χ0v) is 14.3. The average Bonchev–Trinajstić information content (AvgIpc) is 2.58. The van der Waals surface area contributed by atoms with Gasteiger partial charge >= 0.3 is 0 Å². The van der Waals surface area contributed by atoms with E-state index in [0.717, 1.165) is 3.79 Å². The molecule has 0 bridgehead atoms. The van der Waals surface area contributed by atoms with Crippen LogP contribution >= 0.6 is 43.2 Å². The van der Waals surface area contributed by atoms with E-state index in [1.54, 1.807) is 0 Å². The minimum atomic E-state index is -3.55. The zero-order chi connectivity index (χ0) is 13.8. The number of rotatable bonds is 7. The molecule has 0 radical (unpaired) electrons. The van der Waals surface area contributed by atoms with E-state index < -0.39 is 16.1 Å². The van der Waals surface area contributed by atoms with Crippen LogP contribution in [0.25, 0.3) is 0 Å². The third kappa shape index (κ3) is 4.87. The highest BCUT2D eigenvalue weighted by Gasteiger charge is 2.20. The molecule has 1 rings (SSSR count). The van der Waals surface area contributed by atoms with E-state index in [9.17, 15) is 13.5 Å². The average molecular weight is 423 g/mol. The van der Waals surface area contributed by atoms with Gasteiger partial charge in [0.15, 0.2) is 0 Å². The number of aliphatic hydroxyl groups is 1. The molecule has 5 nitrogen and oxygen atoms in total. The second-order valence-corrected chi connectivity index (χ2v) is 8.97. The number of ether oxygens (including phenoxy) is 1. The maximum atomic E-state index is 11.9. The van der Waals surface area contributed by atoms with Crippen molar-refractivity contribution in [2.45, 2.75) is 17.4 Å². The van der Waals surface area contributed by atoms with Crippen molar-refractivity contribution in [1.82, 2.24) is 4.72 Å². The molecule has 1 unspecified atom stereocenters. The fourth-order valence-electron chi connectivity index (χ4n) is 1.22. The molecular formula is C9H13Br2NO4S2. The van der Waals surface area contributed by atoms with Crippen molar-refractivity contribution >= 4 is 53.2 Å². The normalized spacial score (nSPS) is 13.8. The Kier molecular flexibility index (Phi) is 6.73. The third-order valence-electron chi connectivity index (χ3n) is 2.04. The monoisotopic (exact) mass is 421 g/mol. The number of aliphatic hydroxyl groups excluding tert-OH is 1. The Labute approximate surface area is 127 Å². The van der Waals surface area contributed by atoms with Crippen molar-refractivity contribution in [3.63, 3.8) is 0 Å². The van der Waals surface area contributed by atoms with Crippen LogP contribution in [0, 0.1) is 0 Å². The van der Waals surface area contributed by atoms with Gasteiger partial charge in [0.05, 0.1) is 20.3 Å². The van der Waals surface area contributed by atoms with Gasteiger partial charge < -0.3 is 9.84 Å². The van der Waals surface area contributed by atoms with Crippen molar-refractivity contribution < 1.29 is 18.3 Å². The minimum absolute atomic E-state index is 0.159. The summed E-state index contributed by atoms with van der Waals surface area (Å²) in [6.07, 6.45) is -0.369. The molecule has 1 aromatic heterocycles. The second-order valence-electron chi connectivity index (χ2n) is 3.48. The summed E-state index contributed by atoms with van der Waals surface area (Å²) < 4.78 is 32.3. The molecule has 0 aromatic carbocycles. The molecule has 0 amide bonds. The lowest BCUT2D eigenvalue weighted by molar-refractivity contribution is 0.0603. The summed E-state index contributed by atoms with van der Waals surface area (Å²) in [7, 11) is -2.07. The Bertz CT molecular complexity index is 489. The first-order valence-electron chi connectivity index (χ1n) is 4.98. The second kappa shape index (κ2) is 7.32. The number of hydrogen-bond donors (Lipinski definition) is 2. The SMILES string of the molecule is COCC(O)CCNS(=O)(=O)c1cc(Br)sc1Br. The van der Waals surface area contributed by atoms with Crippen LogP contribution in [-0.2, 0) is 14.8 Å². The lowest BCUT2D eigenvalue weighted by Gasteiger charge is -2.10. The lowest BCUT2D eigenvalue weighted by Crippen LogP contribution is -2.28. The van der Waals surface area contributed by atoms with Gasteiger partial charge in [-0.2, -0.15) is 0 Å². The zero-order valence-electron chi connectivity index (χ0n) is 9.52. The van der Waals surface area contributed by atoms with Crippen LogP contribution in [0.2, 0.25) is 0 Å². The topological polar surface area (TPSA) is 75.6 Å². The third-order valence-corrected chi connectivity index (χ3v) is 6.26. The number of nitrogens with one attached hydrogen (secondary N) is 1. The molecule has 2 N–H and O–H groups in total. The van der Waals surface area contributed by atoms with Gasteiger partial charge in [0.1, 0.15) is 4.90 Å². The largest absolute Gasteiger partial charge is 0.391 e. The molecule has 0 aliphatic rings. The molecular weight excluding hydrogens is 410 g/mol. The van der Waals surface area contributed by atoms with Gasteiger partial charge in [0.2, 0.25) is 10.0 Å². The summed E-state index contributed by atoms with van der Waals surface area (Å²) in [4.78, 5) is 0.195. The van der Waals surface area contributed by atoms with Crippen molar-refractivity contribution in [1.29, 1.82) is 0 Å². The van der Waals surface area contributed by atoms with Crippen molar-refractivity contribution in [2.75, 3.05) is 20.3 Å². The van der Waals surface area contributed by atoms with E-state index in [1.165, 1.54) is 24.5 Å². The molecule has 0 aliphatic carbocycles. The van der Waals surface area contributed by atoms with Gasteiger partial charge in [-0.05, 0) is 44.3 Å². The summed E-state index contributed by atoms with van der Waals surface area (Å²) in [5.74, 6) is 0. The molecule has 0 spiro atoms. The summed E-state index contributed by atoms with van der Waals surface area (Å²) in [6.45, 7) is 0.349. The number of sulfonamides is 1. The van der Waals surface area contributed by atoms with E-state index in [2.05, 4.69) is 36.6 Å². The number of methoxy groups -OCH3 is 1. The minimum Gasteiger partial charge on any atom is -0.391 e. The van der Waals surface area contributed by atoms with E-state index >= 15 is 0 Å². The Hall–Kier alpha value is 0.490. The van der Waals surface area contributed by atoms with Crippen LogP contribution in [0.4, 0.5) is 0 Å².